The number of benzene rings is 2. The highest BCUT2D eigenvalue weighted by molar-refractivity contribution is 5.74. The molecule has 3 rings (SSSR count). The van der Waals surface area contributed by atoms with Crippen molar-refractivity contribution in [3.63, 3.8) is 0 Å². The maximum absolute atomic E-state index is 12.2. The van der Waals surface area contributed by atoms with Gasteiger partial charge in [0, 0.05) is 26.2 Å². The third kappa shape index (κ3) is 5.81. The number of urea groups is 1. The van der Waals surface area contributed by atoms with Crippen LogP contribution < -0.4 is 10.6 Å². The van der Waals surface area contributed by atoms with Crippen molar-refractivity contribution >= 4 is 6.03 Å². The number of hydrogen-bond acceptors (Lipinski definition) is 3. The number of ether oxygens (including phenoxy) is 1. The van der Waals surface area contributed by atoms with E-state index in [2.05, 4.69) is 52.8 Å². The van der Waals surface area contributed by atoms with E-state index in [-0.39, 0.29) is 12.1 Å². The first-order valence-electron chi connectivity index (χ1n) is 9.59. The summed E-state index contributed by atoms with van der Waals surface area (Å²) >= 11 is 0. The van der Waals surface area contributed by atoms with Crippen LogP contribution in [-0.4, -0.2) is 37.2 Å². The molecule has 5 nitrogen and oxygen atoms in total. The second-order valence-corrected chi connectivity index (χ2v) is 7.11. The summed E-state index contributed by atoms with van der Waals surface area (Å²) in [7, 11) is 0. The predicted molar refractivity (Wildman–Crippen MR) is 108 cm³/mol. The van der Waals surface area contributed by atoms with Gasteiger partial charge >= 0.3 is 6.03 Å². The molecule has 0 unspecified atom stereocenters. The smallest absolute Gasteiger partial charge is 0.315 e. The zero-order valence-corrected chi connectivity index (χ0v) is 16.2. The first-order chi connectivity index (χ1) is 13.1. The Kier molecular flexibility index (Phi) is 6.85. The van der Waals surface area contributed by atoms with E-state index in [9.17, 15) is 4.79 Å². The van der Waals surface area contributed by atoms with Crippen molar-refractivity contribution in [3.8, 4) is 0 Å². The van der Waals surface area contributed by atoms with E-state index in [0.29, 0.717) is 6.54 Å². The van der Waals surface area contributed by atoms with Crippen LogP contribution in [0.4, 0.5) is 4.79 Å². The molecule has 5 heteroatoms. The van der Waals surface area contributed by atoms with Crippen molar-refractivity contribution in [2.45, 2.75) is 33.0 Å². The van der Waals surface area contributed by atoms with Gasteiger partial charge in [0.15, 0.2) is 0 Å². The normalized spacial score (nSPS) is 15.9. The van der Waals surface area contributed by atoms with Crippen LogP contribution in [0.3, 0.4) is 0 Å². The molecule has 27 heavy (non-hydrogen) atoms. The number of hydrogen-bond donors (Lipinski definition) is 2. The lowest BCUT2D eigenvalue weighted by Crippen LogP contribution is -2.36. The average Bonchev–Trinajstić information content (AvgIpc) is 2.68. The molecule has 0 bridgehead atoms. The van der Waals surface area contributed by atoms with Crippen molar-refractivity contribution in [2.75, 3.05) is 26.3 Å². The molecule has 1 aliphatic rings. The van der Waals surface area contributed by atoms with Crippen LogP contribution in [0.5, 0.6) is 0 Å². The number of carbonyl (C=O) groups excluding carboxylic acids is 1. The van der Waals surface area contributed by atoms with E-state index in [1.807, 2.05) is 25.1 Å². The Bertz CT molecular complexity index is 739. The summed E-state index contributed by atoms with van der Waals surface area (Å²) in [6, 6.07) is 16.4. The lowest BCUT2D eigenvalue weighted by Gasteiger charge is -2.26. The van der Waals surface area contributed by atoms with Gasteiger partial charge in [0.2, 0.25) is 0 Å². The minimum absolute atomic E-state index is 0.0258. The number of morpholine rings is 1. The van der Waals surface area contributed by atoms with Gasteiger partial charge < -0.3 is 15.4 Å². The molecule has 0 aliphatic carbocycles. The summed E-state index contributed by atoms with van der Waals surface area (Å²) in [5, 5.41) is 5.95. The van der Waals surface area contributed by atoms with Gasteiger partial charge in [-0.15, -0.1) is 0 Å². The first kappa shape index (κ1) is 19.4. The SMILES string of the molecule is Cc1ccccc1[C@H](C)NC(=O)NCc1ccc(CN2CCOCC2)cc1. The molecule has 2 amide bonds. The highest BCUT2D eigenvalue weighted by Gasteiger charge is 2.12. The molecule has 2 aromatic rings. The van der Waals surface area contributed by atoms with E-state index < -0.39 is 0 Å². The molecule has 1 aliphatic heterocycles. The lowest BCUT2D eigenvalue weighted by molar-refractivity contribution is 0.0342. The highest BCUT2D eigenvalue weighted by Crippen LogP contribution is 2.16. The second kappa shape index (κ2) is 9.53. The fourth-order valence-corrected chi connectivity index (χ4v) is 3.36. The Balaban J connectivity index is 1.45. The third-order valence-corrected chi connectivity index (χ3v) is 4.99. The summed E-state index contributed by atoms with van der Waals surface area (Å²) in [6.07, 6.45) is 0. The van der Waals surface area contributed by atoms with Gasteiger partial charge in [-0.05, 0) is 36.1 Å². The maximum Gasteiger partial charge on any atom is 0.315 e. The third-order valence-electron chi connectivity index (χ3n) is 4.99. The van der Waals surface area contributed by atoms with Gasteiger partial charge in [-0.25, -0.2) is 4.79 Å². The van der Waals surface area contributed by atoms with Crippen LogP contribution in [0.25, 0.3) is 0 Å². The molecule has 2 aromatic carbocycles. The van der Waals surface area contributed by atoms with E-state index >= 15 is 0 Å². The van der Waals surface area contributed by atoms with Crippen LogP contribution in [0.1, 0.15) is 35.2 Å². The maximum atomic E-state index is 12.2. The molecule has 2 N–H and O–H groups in total. The van der Waals surface area contributed by atoms with Gasteiger partial charge in [0.25, 0.3) is 0 Å². The Labute approximate surface area is 161 Å². The van der Waals surface area contributed by atoms with Gasteiger partial charge in [-0.2, -0.15) is 0 Å². The van der Waals surface area contributed by atoms with E-state index in [0.717, 1.165) is 44.0 Å². The number of amides is 2. The average molecular weight is 367 g/mol. The summed E-state index contributed by atoms with van der Waals surface area (Å²) in [5.74, 6) is 0. The molecular weight excluding hydrogens is 338 g/mol. The van der Waals surface area contributed by atoms with Crippen molar-refractivity contribution in [2.24, 2.45) is 0 Å². The van der Waals surface area contributed by atoms with Crippen molar-refractivity contribution in [3.05, 3.63) is 70.8 Å². The molecule has 1 heterocycles. The van der Waals surface area contributed by atoms with Gasteiger partial charge in [0.05, 0.1) is 19.3 Å². The van der Waals surface area contributed by atoms with Crippen LogP contribution in [0.15, 0.2) is 48.5 Å². The number of carbonyl (C=O) groups is 1. The number of aryl methyl sites for hydroxylation is 1. The minimum atomic E-state index is -0.150. The second-order valence-electron chi connectivity index (χ2n) is 7.11. The Hall–Kier alpha value is -2.37. The van der Waals surface area contributed by atoms with E-state index in [4.69, 9.17) is 4.74 Å². The fraction of sp³-hybridized carbons (Fsp3) is 0.409. The molecule has 0 aromatic heterocycles. The van der Waals surface area contributed by atoms with Crippen molar-refractivity contribution < 1.29 is 9.53 Å². The van der Waals surface area contributed by atoms with Crippen LogP contribution in [0.2, 0.25) is 0 Å². The fourth-order valence-electron chi connectivity index (χ4n) is 3.36. The van der Waals surface area contributed by atoms with Gasteiger partial charge in [-0.3, -0.25) is 4.90 Å². The topological polar surface area (TPSA) is 53.6 Å². The molecule has 0 spiro atoms. The molecule has 1 atom stereocenters. The quantitative estimate of drug-likeness (QED) is 0.823. The molecule has 1 saturated heterocycles. The Morgan fingerprint density at radius 2 is 1.74 bits per heavy atom. The monoisotopic (exact) mass is 367 g/mol. The molecule has 0 radical (unpaired) electrons. The Morgan fingerprint density at radius 1 is 1.07 bits per heavy atom. The lowest BCUT2D eigenvalue weighted by atomic mass is 10.0. The van der Waals surface area contributed by atoms with E-state index in [1.54, 1.807) is 0 Å². The first-order valence-corrected chi connectivity index (χ1v) is 9.59. The standard InChI is InChI=1S/C22H29N3O2/c1-17-5-3-4-6-21(17)18(2)24-22(26)23-15-19-7-9-20(10-8-19)16-25-11-13-27-14-12-25/h3-10,18H,11-16H2,1-2H3,(H2,23,24,26)/t18-/m0/s1. The zero-order valence-electron chi connectivity index (χ0n) is 16.2. The number of rotatable bonds is 6. The van der Waals surface area contributed by atoms with E-state index in [1.165, 1.54) is 11.1 Å². The van der Waals surface area contributed by atoms with Crippen LogP contribution >= 0.6 is 0 Å². The number of nitrogens with zero attached hydrogens (tertiary/aromatic N) is 1. The van der Waals surface area contributed by atoms with Gasteiger partial charge in [0.1, 0.15) is 0 Å². The predicted octanol–water partition coefficient (Wildman–Crippen LogP) is 3.39. The molecule has 1 fully saturated rings. The van der Waals surface area contributed by atoms with Crippen molar-refractivity contribution in [1.29, 1.82) is 0 Å². The summed E-state index contributed by atoms with van der Waals surface area (Å²) in [4.78, 5) is 14.6. The van der Waals surface area contributed by atoms with Gasteiger partial charge in [-0.1, -0.05) is 48.5 Å². The molecule has 0 saturated carbocycles. The minimum Gasteiger partial charge on any atom is -0.379 e. The van der Waals surface area contributed by atoms with Crippen LogP contribution in [-0.2, 0) is 17.8 Å². The largest absolute Gasteiger partial charge is 0.379 e. The highest BCUT2D eigenvalue weighted by atomic mass is 16.5. The molecule has 144 valence electrons. The zero-order chi connectivity index (χ0) is 19.1. The van der Waals surface area contributed by atoms with Crippen molar-refractivity contribution in [1.82, 2.24) is 15.5 Å². The number of nitrogens with one attached hydrogen (secondary N) is 2. The summed E-state index contributed by atoms with van der Waals surface area (Å²) < 4.78 is 5.39. The molecular formula is C22H29N3O2. The summed E-state index contributed by atoms with van der Waals surface area (Å²) in [5.41, 5.74) is 4.71. The Morgan fingerprint density at radius 3 is 2.44 bits per heavy atom. The summed E-state index contributed by atoms with van der Waals surface area (Å²) in [6.45, 7) is 9.14. The van der Waals surface area contributed by atoms with Crippen LogP contribution in [0, 0.1) is 6.92 Å².